The summed E-state index contributed by atoms with van der Waals surface area (Å²) in [5.41, 5.74) is 11.7. The third-order valence-corrected chi connectivity index (χ3v) is 6.39. The molecule has 0 aliphatic heterocycles. The number of carboxylic acid groups (broad SMARTS) is 1. The predicted octanol–water partition coefficient (Wildman–Crippen LogP) is 6.42. The Morgan fingerprint density at radius 3 is 2.29 bits per heavy atom. The van der Waals surface area contributed by atoms with Gasteiger partial charge in [-0.2, -0.15) is 0 Å². The highest BCUT2D eigenvalue weighted by Gasteiger charge is 2.35. The van der Waals surface area contributed by atoms with E-state index in [1.165, 1.54) is 4.90 Å². The lowest BCUT2D eigenvalue weighted by atomic mass is 9.87. The first-order valence-electron chi connectivity index (χ1n) is 12.3. The zero-order valence-electron chi connectivity index (χ0n) is 21.7. The van der Waals surface area contributed by atoms with E-state index in [4.69, 9.17) is 10.7 Å². The molecule has 0 bridgehead atoms. The fraction of sp³-hybridized carbons (Fsp3) is 0.414. The number of benzene rings is 2. The van der Waals surface area contributed by atoms with Crippen LogP contribution in [0.15, 0.2) is 42.5 Å². The summed E-state index contributed by atoms with van der Waals surface area (Å²) in [7, 11) is 0. The van der Waals surface area contributed by atoms with Crippen LogP contribution in [0.1, 0.15) is 75.9 Å². The van der Waals surface area contributed by atoms with Crippen molar-refractivity contribution in [3.05, 3.63) is 64.8 Å². The van der Waals surface area contributed by atoms with Crippen LogP contribution in [0.2, 0.25) is 0 Å². The average Bonchev–Trinajstić information content (AvgIpc) is 2.76. The maximum absolute atomic E-state index is 12.5. The minimum absolute atomic E-state index is 0.271. The fourth-order valence-corrected chi connectivity index (χ4v) is 4.87. The molecule has 0 fully saturated rings. The van der Waals surface area contributed by atoms with E-state index in [9.17, 15) is 14.7 Å². The molecule has 0 radical (unpaired) electrons. The Bertz CT molecular complexity index is 1230. The van der Waals surface area contributed by atoms with Crippen LogP contribution in [0, 0.1) is 6.92 Å². The summed E-state index contributed by atoms with van der Waals surface area (Å²) >= 11 is 0. The van der Waals surface area contributed by atoms with E-state index in [0.29, 0.717) is 6.42 Å². The number of pyridine rings is 1. The normalized spacial score (nSPS) is 12.5. The molecular formula is C29H37N3O3. The number of amides is 2. The SMILES string of the molecule is CCCc1nc2ccc(CCC(N)=O)cc2c(-c2ccc(C)cc2)c1C(C)N(C(=O)O)C(C)(C)C. The van der Waals surface area contributed by atoms with Gasteiger partial charge >= 0.3 is 6.09 Å². The van der Waals surface area contributed by atoms with Gasteiger partial charge in [0.25, 0.3) is 0 Å². The van der Waals surface area contributed by atoms with Crippen molar-refractivity contribution in [3.63, 3.8) is 0 Å². The minimum Gasteiger partial charge on any atom is -0.465 e. The smallest absolute Gasteiger partial charge is 0.408 e. The van der Waals surface area contributed by atoms with Crippen LogP contribution in [0.4, 0.5) is 4.79 Å². The van der Waals surface area contributed by atoms with E-state index < -0.39 is 17.7 Å². The van der Waals surface area contributed by atoms with E-state index in [2.05, 4.69) is 37.3 Å². The third-order valence-electron chi connectivity index (χ3n) is 6.39. The van der Waals surface area contributed by atoms with Crippen LogP contribution in [0.25, 0.3) is 22.0 Å². The monoisotopic (exact) mass is 475 g/mol. The van der Waals surface area contributed by atoms with Gasteiger partial charge in [-0.3, -0.25) is 14.7 Å². The van der Waals surface area contributed by atoms with Crippen LogP contribution < -0.4 is 5.73 Å². The highest BCUT2D eigenvalue weighted by molar-refractivity contribution is 5.97. The molecule has 0 aliphatic carbocycles. The summed E-state index contributed by atoms with van der Waals surface area (Å²) in [5.74, 6) is -0.336. The summed E-state index contributed by atoms with van der Waals surface area (Å²) < 4.78 is 0. The van der Waals surface area contributed by atoms with Crippen molar-refractivity contribution in [1.29, 1.82) is 0 Å². The van der Waals surface area contributed by atoms with Gasteiger partial charge in [0.15, 0.2) is 0 Å². The molecule has 0 saturated heterocycles. The van der Waals surface area contributed by atoms with Crippen molar-refractivity contribution in [1.82, 2.24) is 9.88 Å². The van der Waals surface area contributed by atoms with Gasteiger partial charge in [-0.05, 0) is 76.3 Å². The molecule has 186 valence electrons. The predicted molar refractivity (Wildman–Crippen MR) is 141 cm³/mol. The molecule has 0 aliphatic rings. The number of nitrogens with two attached hydrogens (primary N) is 1. The number of aryl methyl sites for hydroxylation is 3. The lowest BCUT2D eigenvalue weighted by Gasteiger charge is -2.39. The van der Waals surface area contributed by atoms with E-state index >= 15 is 0 Å². The molecule has 0 saturated carbocycles. The van der Waals surface area contributed by atoms with Crippen LogP contribution in [0.3, 0.4) is 0 Å². The van der Waals surface area contributed by atoms with Crippen LogP contribution in [0.5, 0.6) is 0 Å². The summed E-state index contributed by atoms with van der Waals surface area (Å²) in [6, 6.07) is 14.0. The summed E-state index contributed by atoms with van der Waals surface area (Å²) in [6.07, 6.45) is 1.49. The lowest BCUT2D eigenvalue weighted by molar-refractivity contribution is -0.118. The Balaban J connectivity index is 2.40. The Hall–Kier alpha value is -3.41. The molecular weight excluding hydrogens is 438 g/mol. The fourth-order valence-electron chi connectivity index (χ4n) is 4.87. The second-order valence-corrected chi connectivity index (χ2v) is 10.3. The number of carbonyl (C=O) groups excluding carboxylic acids is 1. The first kappa shape index (κ1) is 26.2. The topological polar surface area (TPSA) is 96.5 Å². The van der Waals surface area contributed by atoms with E-state index in [0.717, 1.165) is 57.3 Å². The second-order valence-electron chi connectivity index (χ2n) is 10.3. The molecule has 1 atom stereocenters. The van der Waals surface area contributed by atoms with Gasteiger partial charge in [0.05, 0.1) is 11.6 Å². The Morgan fingerprint density at radius 2 is 1.74 bits per heavy atom. The van der Waals surface area contributed by atoms with Crippen LogP contribution in [-0.4, -0.2) is 32.5 Å². The van der Waals surface area contributed by atoms with Crippen molar-refractivity contribution < 1.29 is 14.7 Å². The summed E-state index contributed by atoms with van der Waals surface area (Å²) in [6.45, 7) is 11.9. The molecule has 35 heavy (non-hydrogen) atoms. The molecule has 6 heteroatoms. The highest BCUT2D eigenvalue weighted by atomic mass is 16.4. The number of primary amides is 1. The average molecular weight is 476 g/mol. The van der Waals surface area contributed by atoms with Crippen molar-refractivity contribution in [2.45, 2.75) is 78.8 Å². The van der Waals surface area contributed by atoms with Gasteiger partial charge < -0.3 is 10.8 Å². The Morgan fingerprint density at radius 1 is 1.09 bits per heavy atom. The standard InChI is InChI=1S/C29H37N3O3/c1-7-8-24-26(19(3)32(28(34)35)29(4,5)6)27(21-13-9-18(2)10-14-21)22-17-20(12-16-25(30)33)11-15-23(22)31-24/h9-11,13-15,17,19H,7-8,12,16H2,1-6H3,(H2,30,33)(H,34,35). The number of carbonyl (C=O) groups is 2. The third kappa shape index (κ3) is 5.81. The molecule has 3 aromatic rings. The van der Waals surface area contributed by atoms with Gasteiger partial charge in [-0.15, -0.1) is 0 Å². The molecule has 1 aromatic heterocycles. The number of aromatic nitrogens is 1. The molecule has 3 N–H and O–H groups in total. The van der Waals surface area contributed by atoms with Crippen molar-refractivity contribution in [2.75, 3.05) is 0 Å². The number of rotatable bonds is 8. The van der Waals surface area contributed by atoms with Crippen LogP contribution >= 0.6 is 0 Å². The van der Waals surface area contributed by atoms with Gasteiger partial charge in [-0.1, -0.05) is 49.2 Å². The first-order valence-corrected chi connectivity index (χ1v) is 12.3. The van der Waals surface area contributed by atoms with Gasteiger partial charge in [0.1, 0.15) is 0 Å². The quantitative estimate of drug-likeness (QED) is 0.393. The number of nitrogens with zero attached hydrogens (tertiary/aromatic N) is 2. The van der Waals surface area contributed by atoms with E-state index in [-0.39, 0.29) is 12.3 Å². The molecule has 6 nitrogen and oxygen atoms in total. The lowest BCUT2D eigenvalue weighted by Crippen LogP contribution is -2.46. The number of fused-ring (bicyclic) bond motifs is 1. The second kappa shape index (κ2) is 10.5. The molecule has 1 heterocycles. The zero-order valence-corrected chi connectivity index (χ0v) is 21.7. The largest absolute Gasteiger partial charge is 0.465 e. The molecule has 0 spiro atoms. The van der Waals surface area contributed by atoms with Crippen molar-refractivity contribution >= 4 is 22.9 Å². The maximum Gasteiger partial charge on any atom is 0.408 e. The van der Waals surface area contributed by atoms with Crippen molar-refractivity contribution in [2.24, 2.45) is 5.73 Å². The molecule has 2 aromatic carbocycles. The van der Waals surface area contributed by atoms with E-state index in [1.807, 2.05) is 46.8 Å². The van der Waals surface area contributed by atoms with Gasteiger partial charge in [-0.25, -0.2) is 4.79 Å². The minimum atomic E-state index is -0.961. The van der Waals surface area contributed by atoms with Gasteiger partial charge in [0.2, 0.25) is 5.91 Å². The number of hydrogen-bond acceptors (Lipinski definition) is 3. The molecule has 3 rings (SSSR count). The Labute approximate surface area is 208 Å². The zero-order chi connectivity index (χ0) is 25.9. The molecule has 2 amide bonds. The first-order chi connectivity index (χ1) is 16.4. The number of hydrogen-bond donors (Lipinski definition) is 2. The highest BCUT2D eigenvalue weighted by Crippen LogP contribution is 2.41. The summed E-state index contributed by atoms with van der Waals surface area (Å²) in [4.78, 5) is 30.4. The Kier molecular flexibility index (Phi) is 7.83. The molecule has 1 unspecified atom stereocenters. The maximum atomic E-state index is 12.5. The van der Waals surface area contributed by atoms with Gasteiger partial charge in [0, 0.05) is 28.6 Å². The van der Waals surface area contributed by atoms with Crippen LogP contribution in [-0.2, 0) is 17.6 Å². The van der Waals surface area contributed by atoms with E-state index in [1.54, 1.807) is 0 Å². The summed E-state index contributed by atoms with van der Waals surface area (Å²) in [5, 5.41) is 11.2. The van der Waals surface area contributed by atoms with Crippen molar-refractivity contribution in [3.8, 4) is 11.1 Å².